The number of likely N-dealkylation sites (tertiary alicyclic amines) is 1. The third-order valence-electron chi connectivity index (χ3n) is 5.77. The first-order chi connectivity index (χ1) is 14.2. The van der Waals surface area contributed by atoms with Gasteiger partial charge >= 0.3 is 0 Å². The fraction of sp³-hybridized carbons (Fsp3) is 0.348. The standard InChI is InChI=1S/C23H23N3O2S/c27-21(15-8-9-15)24-18-5-3-4-17(14-18)23(28)26-12-10-16(11-13-26)22-25-19-6-1-2-7-20(19)29-22/h1-7,14-16H,8-13H2,(H,24,27). The summed E-state index contributed by atoms with van der Waals surface area (Å²) in [6.07, 6.45) is 3.80. The van der Waals surface area contributed by atoms with E-state index in [-0.39, 0.29) is 17.7 Å². The number of anilines is 1. The van der Waals surface area contributed by atoms with Crippen molar-refractivity contribution < 1.29 is 9.59 Å². The maximum Gasteiger partial charge on any atom is 0.253 e. The van der Waals surface area contributed by atoms with Crippen LogP contribution in [-0.4, -0.2) is 34.8 Å². The zero-order valence-electron chi connectivity index (χ0n) is 16.1. The van der Waals surface area contributed by atoms with Crippen molar-refractivity contribution in [3.63, 3.8) is 0 Å². The lowest BCUT2D eigenvalue weighted by Gasteiger charge is -2.31. The number of amides is 2. The lowest BCUT2D eigenvalue weighted by Crippen LogP contribution is -2.37. The maximum absolute atomic E-state index is 13.0. The number of benzene rings is 2. The van der Waals surface area contributed by atoms with Crippen LogP contribution < -0.4 is 5.32 Å². The molecule has 0 radical (unpaired) electrons. The molecule has 2 heterocycles. The van der Waals surface area contributed by atoms with Crippen LogP contribution in [0.25, 0.3) is 10.2 Å². The highest BCUT2D eigenvalue weighted by atomic mass is 32.1. The van der Waals surface area contributed by atoms with E-state index in [0.29, 0.717) is 17.2 Å². The molecule has 2 aliphatic rings. The van der Waals surface area contributed by atoms with Gasteiger partial charge in [0.1, 0.15) is 0 Å². The van der Waals surface area contributed by atoms with Crippen molar-refractivity contribution in [1.82, 2.24) is 9.88 Å². The van der Waals surface area contributed by atoms with E-state index < -0.39 is 0 Å². The fourth-order valence-electron chi connectivity index (χ4n) is 3.90. The number of para-hydroxylation sites is 1. The number of carbonyl (C=O) groups is 2. The minimum Gasteiger partial charge on any atom is -0.339 e. The number of carbonyl (C=O) groups excluding carboxylic acids is 2. The number of nitrogens with zero attached hydrogens (tertiary/aromatic N) is 2. The summed E-state index contributed by atoms with van der Waals surface area (Å²) in [4.78, 5) is 31.7. The summed E-state index contributed by atoms with van der Waals surface area (Å²) >= 11 is 1.77. The van der Waals surface area contributed by atoms with Gasteiger partial charge in [0, 0.05) is 36.2 Å². The van der Waals surface area contributed by atoms with Crippen LogP contribution in [0, 0.1) is 5.92 Å². The number of thiazole rings is 1. The summed E-state index contributed by atoms with van der Waals surface area (Å²) in [6, 6.07) is 15.5. The quantitative estimate of drug-likeness (QED) is 0.686. The highest BCUT2D eigenvalue weighted by Gasteiger charge is 2.30. The molecule has 0 bridgehead atoms. The Morgan fingerprint density at radius 2 is 1.79 bits per heavy atom. The minimum atomic E-state index is 0.0373. The van der Waals surface area contributed by atoms with Crippen LogP contribution in [0.2, 0.25) is 0 Å². The molecule has 5 nitrogen and oxygen atoms in total. The van der Waals surface area contributed by atoms with E-state index in [1.165, 1.54) is 9.71 Å². The van der Waals surface area contributed by atoms with E-state index in [1.807, 2.05) is 35.2 Å². The predicted octanol–water partition coefficient (Wildman–Crippen LogP) is 4.66. The Bertz CT molecular complexity index is 1030. The summed E-state index contributed by atoms with van der Waals surface area (Å²) in [5.41, 5.74) is 2.41. The summed E-state index contributed by atoms with van der Waals surface area (Å²) in [6.45, 7) is 1.47. The number of hydrogen-bond acceptors (Lipinski definition) is 4. The maximum atomic E-state index is 13.0. The SMILES string of the molecule is O=C(Nc1cccc(C(=O)N2CCC(c3nc4ccccc4s3)CC2)c1)C1CC1. The molecular formula is C23H23N3O2S. The molecule has 1 aliphatic carbocycles. The number of rotatable bonds is 4. The lowest BCUT2D eigenvalue weighted by atomic mass is 9.97. The van der Waals surface area contributed by atoms with Gasteiger partial charge in [0.05, 0.1) is 15.2 Å². The first-order valence-electron chi connectivity index (χ1n) is 10.2. The van der Waals surface area contributed by atoms with Crippen molar-refractivity contribution in [2.24, 2.45) is 5.92 Å². The normalized spacial score (nSPS) is 17.4. The number of nitrogens with one attached hydrogen (secondary N) is 1. The first-order valence-corrected chi connectivity index (χ1v) is 11.0. The van der Waals surface area contributed by atoms with Gasteiger partial charge in [-0.15, -0.1) is 11.3 Å². The van der Waals surface area contributed by atoms with E-state index in [1.54, 1.807) is 17.4 Å². The Morgan fingerprint density at radius 3 is 2.55 bits per heavy atom. The van der Waals surface area contributed by atoms with Gasteiger partial charge < -0.3 is 10.2 Å². The molecule has 2 aromatic carbocycles. The number of piperidine rings is 1. The monoisotopic (exact) mass is 405 g/mol. The van der Waals surface area contributed by atoms with Gasteiger partial charge in [-0.05, 0) is 56.0 Å². The van der Waals surface area contributed by atoms with Gasteiger partial charge in [0.2, 0.25) is 5.91 Å². The summed E-state index contributed by atoms with van der Waals surface area (Å²) in [7, 11) is 0. The summed E-state index contributed by atoms with van der Waals surface area (Å²) < 4.78 is 1.23. The molecule has 1 aliphatic heterocycles. The summed E-state index contributed by atoms with van der Waals surface area (Å²) in [5, 5.41) is 4.11. The van der Waals surface area contributed by atoms with E-state index in [9.17, 15) is 9.59 Å². The zero-order chi connectivity index (χ0) is 19.8. The smallest absolute Gasteiger partial charge is 0.253 e. The Labute approximate surface area is 173 Å². The molecule has 2 amide bonds. The second-order valence-electron chi connectivity index (χ2n) is 7.93. The molecule has 3 aromatic rings. The zero-order valence-corrected chi connectivity index (χ0v) is 17.0. The molecule has 6 heteroatoms. The van der Waals surface area contributed by atoms with Gasteiger partial charge in [-0.1, -0.05) is 18.2 Å². The lowest BCUT2D eigenvalue weighted by molar-refractivity contribution is -0.117. The van der Waals surface area contributed by atoms with Gasteiger partial charge in [0.25, 0.3) is 5.91 Å². The van der Waals surface area contributed by atoms with Crippen LogP contribution >= 0.6 is 11.3 Å². The Balaban J connectivity index is 1.23. The average molecular weight is 406 g/mol. The van der Waals surface area contributed by atoms with E-state index in [2.05, 4.69) is 17.4 Å². The number of fused-ring (bicyclic) bond motifs is 1. The Morgan fingerprint density at radius 1 is 1.00 bits per heavy atom. The molecule has 1 saturated carbocycles. The highest BCUT2D eigenvalue weighted by molar-refractivity contribution is 7.18. The fourth-order valence-corrected chi connectivity index (χ4v) is 5.03. The number of hydrogen-bond donors (Lipinski definition) is 1. The molecule has 1 N–H and O–H groups in total. The second kappa shape index (κ2) is 7.59. The van der Waals surface area contributed by atoms with Crippen LogP contribution in [0.5, 0.6) is 0 Å². The van der Waals surface area contributed by atoms with Crippen LogP contribution in [-0.2, 0) is 4.79 Å². The third-order valence-corrected chi connectivity index (χ3v) is 6.97. The molecule has 0 spiro atoms. The molecule has 1 saturated heterocycles. The molecular weight excluding hydrogens is 382 g/mol. The molecule has 2 fully saturated rings. The van der Waals surface area contributed by atoms with E-state index in [4.69, 9.17) is 4.98 Å². The topological polar surface area (TPSA) is 62.3 Å². The van der Waals surface area contributed by atoms with Crippen molar-refractivity contribution >= 4 is 39.1 Å². The summed E-state index contributed by atoms with van der Waals surface area (Å²) in [5.74, 6) is 0.665. The van der Waals surface area contributed by atoms with E-state index >= 15 is 0 Å². The van der Waals surface area contributed by atoms with Crippen molar-refractivity contribution in [1.29, 1.82) is 0 Å². The van der Waals surface area contributed by atoms with Crippen molar-refractivity contribution in [2.75, 3.05) is 18.4 Å². The molecule has 5 rings (SSSR count). The van der Waals surface area contributed by atoms with Crippen LogP contribution in [0.15, 0.2) is 48.5 Å². The predicted molar refractivity (Wildman–Crippen MR) is 115 cm³/mol. The van der Waals surface area contributed by atoms with Crippen molar-refractivity contribution in [3.8, 4) is 0 Å². The van der Waals surface area contributed by atoms with Crippen molar-refractivity contribution in [3.05, 3.63) is 59.1 Å². The number of aromatic nitrogens is 1. The van der Waals surface area contributed by atoms with E-state index in [0.717, 1.165) is 44.3 Å². The van der Waals surface area contributed by atoms with Crippen LogP contribution in [0.3, 0.4) is 0 Å². The first kappa shape index (κ1) is 18.3. The van der Waals surface area contributed by atoms with Gasteiger partial charge in [-0.3, -0.25) is 9.59 Å². The minimum absolute atomic E-state index is 0.0373. The average Bonchev–Trinajstić information content (AvgIpc) is 3.52. The molecule has 29 heavy (non-hydrogen) atoms. The Kier molecular flexibility index (Phi) is 4.79. The van der Waals surface area contributed by atoms with Crippen LogP contribution in [0.1, 0.15) is 47.0 Å². The molecule has 148 valence electrons. The Hall–Kier alpha value is -2.73. The van der Waals surface area contributed by atoms with Gasteiger partial charge in [-0.2, -0.15) is 0 Å². The van der Waals surface area contributed by atoms with Crippen LogP contribution in [0.4, 0.5) is 5.69 Å². The molecule has 0 unspecified atom stereocenters. The molecule has 1 aromatic heterocycles. The van der Waals surface area contributed by atoms with Gasteiger partial charge in [-0.25, -0.2) is 4.98 Å². The molecule has 0 atom stereocenters. The van der Waals surface area contributed by atoms with Gasteiger partial charge in [0.15, 0.2) is 0 Å². The second-order valence-corrected chi connectivity index (χ2v) is 8.99. The largest absolute Gasteiger partial charge is 0.339 e. The third kappa shape index (κ3) is 3.90. The highest BCUT2D eigenvalue weighted by Crippen LogP contribution is 2.34. The van der Waals surface area contributed by atoms with Crippen molar-refractivity contribution in [2.45, 2.75) is 31.6 Å².